The van der Waals surface area contributed by atoms with E-state index >= 15 is 0 Å². The van der Waals surface area contributed by atoms with Gasteiger partial charge in [-0.25, -0.2) is 0 Å². The number of rotatable bonds is 4. The van der Waals surface area contributed by atoms with Crippen LogP contribution in [0.5, 0.6) is 0 Å². The van der Waals surface area contributed by atoms with Gasteiger partial charge in [0.25, 0.3) is 0 Å². The molecule has 2 atom stereocenters. The van der Waals surface area contributed by atoms with Crippen LogP contribution in [0.4, 0.5) is 0 Å². The van der Waals surface area contributed by atoms with Crippen LogP contribution in [0.15, 0.2) is 12.2 Å². The fraction of sp³-hybridized carbons (Fsp3) is 0.786. The molecular weight excluding hydrogens is 214 g/mol. The average Bonchev–Trinajstić information content (AvgIpc) is 2.80. The van der Waals surface area contributed by atoms with Gasteiger partial charge in [-0.15, -0.1) is 0 Å². The van der Waals surface area contributed by atoms with Gasteiger partial charge in [0, 0.05) is 13.7 Å². The average molecular weight is 237 g/mol. The molecular formula is C14H23NO2. The first-order valence-corrected chi connectivity index (χ1v) is 6.42. The number of fused-ring (bicyclic) bond motifs is 2. The van der Waals surface area contributed by atoms with E-state index in [0.717, 1.165) is 24.8 Å². The third kappa shape index (κ3) is 1.71. The van der Waals surface area contributed by atoms with Gasteiger partial charge in [0.2, 0.25) is 5.91 Å². The smallest absolute Gasteiger partial charge is 0.230 e. The summed E-state index contributed by atoms with van der Waals surface area (Å²) in [5.74, 6) is 0.788. The Morgan fingerprint density at radius 1 is 1.59 bits per heavy atom. The lowest BCUT2D eigenvalue weighted by Gasteiger charge is -2.37. The van der Waals surface area contributed by atoms with Gasteiger partial charge >= 0.3 is 0 Å². The van der Waals surface area contributed by atoms with Crippen LogP contribution in [0.2, 0.25) is 0 Å². The third-order valence-corrected chi connectivity index (χ3v) is 4.92. The molecule has 2 fully saturated rings. The number of ether oxygens (including phenoxy) is 1. The SMILES string of the molecule is C=C1C(C)(C)[C@@H]2CC[C@]1(C(=O)NCCOC)C2. The molecule has 17 heavy (non-hydrogen) atoms. The second kappa shape index (κ2) is 4.13. The minimum absolute atomic E-state index is 0.122. The van der Waals surface area contributed by atoms with E-state index < -0.39 is 0 Å². The highest BCUT2D eigenvalue weighted by Crippen LogP contribution is 2.65. The first-order valence-electron chi connectivity index (χ1n) is 6.42. The Hall–Kier alpha value is -0.830. The summed E-state index contributed by atoms with van der Waals surface area (Å²) in [6.45, 7) is 9.83. The predicted octanol–water partition coefficient (Wildman–Crippen LogP) is 2.13. The fourth-order valence-corrected chi connectivity index (χ4v) is 3.58. The zero-order valence-electron chi connectivity index (χ0n) is 11.1. The van der Waals surface area contributed by atoms with Crippen LogP contribution < -0.4 is 5.32 Å². The lowest BCUT2D eigenvalue weighted by molar-refractivity contribution is -0.128. The highest BCUT2D eigenvalue weighted by Gasteiger charge is 2.60. The van der Waals surface area contributed by atoms with Crippen LogP contribution in [0, 0.1) is 16.7 Å². The summed E-state index contributed by atoms with van der Waals surface area (Å²) in [4.78, 5) is 12.4. The molecule has 0 aromatic rings. The van der Waals surface area contributed by atoms with Crippen molar-refractivity contribution >= 4 is 5.91 Å². The third-order valence-electron chi connectivity index (χ3n) is 4.92. The van der Waals surface area contributed by atoms with E-state index in [1.807, 2.05) is 0 Å². The Morgan fingerprint density at radius 2 is 2.29 bits per heavy atom. The monoisotopic (exact) mass is 237 g/mol. The standard InChI is InChI=1S/C14H23NO2/c1-10-13(2,3)11-5-6-14(10,9-11)12(16)15-7-8-17-4/h11H,1,5-9H2,2-4H3,(H,15,16)/t11-,14+/m1/s1. The molecule has 3 nitrogen and oxygen atoms in total. The molecule has 2 saturated carbocycles. The number of hydrogen-bond acceptors (Lipinski definition) is 2. The maximum absolute atomic E-state index is 12.4. The van der Waals surface area contributed by atoms with E-state index in [2.05, 4.69) is 25.7 Å². The molecule has 0 heterocycles. The van der Waals surface area contributed by atoms with E-state index in [-0.39, 0.29) is 16.7 Å². The van der Waals surface area contributed by atoms with Gasteiger partial charge in [0.05, 0.1) is 12.0 Å². The van der Waals surface area contributed by atoms with Crippen molar-refractivity contribution in [1.29, 1.82) is 0 Å². The first-order chi connectivity index (χ1) is 7.95. The fourth-order valence-electron chi connectivity index (χ4n) is 3.58. The van der Waals surface area contributed by atoms with Gasteiger partial charge in [-0.3, -0.25) is 4.79 Å². The predicted molar refractivity (Wildman–Crippen MR) is 67.6 cm³/mol. The van der Waals surface area contributed by atoms with E-state index in [0.29, 0.717) is 19.1 Å². The summed E-state index contributed by atoms with van der Waals surface area (Å²) in [5.41, 5.74) is 0.967. The summed E-state index contributed by atoms with van der Waals surface area (Å²) in [5, 5.41) is 2.99. The quantitative estimate of drug-likeness (QED) is 0.601. The molecule has 0 aromatic carbocycles. The topological polar surface area (TPSA) is 38.3 Å². The lowest BCUT2D eigenvalue weighted by Crippen LogP contribution is -2.42. The van der Waals surface area contributed by atoms with Gasteiger partial charge < -0.3 is 10.1 Å². The molecule has 2 bridgehead atoms. The summed E-state index contributed by atoms with van der Waals surface area (Å²) in [6.07, 6.45) is 3.11. The van der Waals surface area contributed by atoms with Crippen LogP contribution in [-0.2, 0) is 9.53 Å². The van der Waals surface area contributed by atoms with E-state index in [1.165, 1.54) is 0 Å². The second-order valence-corrected chi connectivity index (χ2v) is 5.97. The summed E-state index contributed by atoms with van der Waals surface area (Å²) < 4.78 is 4.96. The summed E-state index contributed by atoms with van der Waals surface area (Å²) >= 11 is 0. The van der Waals surface area contributed by atoms with Crippen LogP contribution in [-0.4, -0.2) is 26.2 Å². The number of amides is 1. The van der Waals surface area contributed by atoms with Gasteiger partial charge in [-0.1, -0.05) is 26.0 Å². The van der Waals surface area contributed by atoms with E-state index in [9.17, 15) is 4.79 Å². The Bertz CT molecular complexity index is 348. The number of hydrogen-bond donors (Lipinski definition) is 1. The van der Waals surface area contributed by atoms with Gasteiger partial charge in [0.15, 0.2) is 0 Å². The Labute approximate surface area is 104 Å². The molecule has 1 N–H and O–H groups in total. The molecule has 0 aliphatic heterocycles. The largest absolute Gasteiger partial charge is 0.383 e. The minimum atomic E-state index is -0.290. The van der Waals surface area contributed by atoms with Crippen LogP contribution in [0.1, 0.15) is 33.1 Å². The van der Waals surface area contributed by atoms with Crippen molar-refractivity contribution in [2.45, 2.75) is 33.1 Å². The van der Waals surface area contributed by atoms with Crippen molar-refractivity contribution in [3.63, 3.8) is 0 Å². The zero-order chi connectivity index (χ0) is 12.7. The van der Waals surface area contributed by atoms with Crippen molar-refractivity contribution in [1.82, 2.24) is 5.32 Å². The maximum Gasteiger partial charge on any atom is 0.230 e. The molecule has 0 aromatic heterocycles. The molecule has 1 amide bonds. The molecule has 0 spiro atoms. The van der Waals surface area contributed by atoms with Crippen LogP contribution >= 0.6 is 0 Å². The molecule has 3 heteroatoms. The van der Waals surface area contributed by atoms with Crippen molar-refractivity contribution < 1.29 is 9.53 Å². The molecule has 2 aliphatic carbocycles. The number of carbonyl (C=O) groups excluding carboxylic acids is 1. The van der Waals surface area contributed by atoms with Gasteiger partial charge in [-0.05, 0) is 30.6 Å². The molecule has 0 radical (unpaired) electrons. The molecule has 0 unspecified atom stereocenters. The molecule has 2 rings (SSSR count). The first kappa shape index (κ1) is 12.6. The van der Waals surface area contributed by atoms with Gasteiger partial charge in [-0.2, -0.15) is 0 Å². The highest BCUT2D eigenvalue weighted by molar-refractivity contribution is 5.87. The number of methoxy groups -OCH3 is 1. The van der Waals surface area contributed by atoms with Crippen molar-refractivity contribution in [3.05, 3.63) is 12.2 Å². The Morgan fingerprint density at radius 3 is 2.82 bits per heavy atom. The zero-order valence-corrected chi connectivity index (χ0v) is 11.1. The highest BCUT2D eigenvalue weighted by atomic mass is 16.5. The Balaban J connectivity index is 2.10. The van der Waals surface area contributed by atoms with Crippen molar-refractivity contribution in [2.24, 2.45) is 16.7 Å². The normalized spacial score (nSPS) is 34.1. The van der Waals surface area contributed by atoms with Crippen molar-refractivity contribution in [3.8, 4) is 0 Å². The van der Waals surface area contributed by atoms with Crippen LogP contribution in [0.3, 0.4) is 0 Å². The van der Waals surface area contributed by atoms with Crippen LogP contribution in [0.25, 0.3) is 0 Å². The van der Waals surface area contributed by atoms with E-state index in [1.54, 1.807) is 7.11 Å². The van der Waals surface area contributed by atoms with E-state index in [4.69, 9.17) is 4.74 Å². The molecule has 0 saturated heterocycles. The minimum Gasteiger partial charge on any atom is -0.383 e. The number of carbonyl (C=O) groups is 1. The second-order valence-electron chi connectivity index (χ2n) is 5.97. The molecule has 96 valence electrons. The van der Waals surface area contributed by atoms with Crippen molar-refractivity contribution in [2.75, 3.05) is 20.3 Å². The number of nitrogens with one attached hydrogen (secondary N) is 1. The summed E-state index contributed by atoms with van der Waals surface area (Å²) in [6, 6.07) is 0. The Kier molecular flexibility index (Phi) is 3.06. The molecule has 2 aliphatic rings. The summed E-state index contributed by atoms with van der Waals surface area (Å²) in [7, 11) is 1.65. The maximum atomic E-state index is 12.4. The lowest BCUT2D eigenvalue weighted by atomic mass is 9.68. The van der Waals surface area contributed by atoms with Gasteiger partial charge in [0.1, 0.15) is 0 Å².